The second-order valence-electron chi connectivity index (χ2n) is 2.72. The Hall–Kier alpha value is -0.580. The Bertz CT molecular complexity index is 470. The van der Waals surface area contributed by atoms with E-state index in [0.717, 1.165) is 15.6 Å². The van der Waals surface area contributed by atoms with E-state index in [9.17, 15) is 0 Å². The predicted molar refractivity (Wildman–Crippen MR) is 64.7 cm³/mol. The van der Waals surface area contributed by atoms with E-state index in [1.807, 2.05) is 16.8 Å². The second-order valence-corrected chi connectivity index (χ2v) is 4.75. The summed E-state index contributed by atoms with van der Waals surface area (Å²) < 4.78 is 1.01. The van der Waals surface area contributed by atoms with Gasteiger partial charge in [-0.3, -0.25) is 0 Å². The summed E-state index contributed by atoms with van der Waals surface area (Å²) in [7, 11) is 0. The monoisotopic (exact) mass is 288 g/mol. The number of nitrogens with zero attached hydrogens (tertiary/aromatic N) is 1. The number of aromatic nitrogens is 1. The van der Waals surface area contributed by atoms with Crippen LogP contribution in [0.3, 0.4) is 0 Å². The van der Waals surface area contributed by atoms with Crippen molar-refractivity contribution < 1.29 is 0 Å². The molecule has 5 heteroatoms. The fourth-order valence-corrected chi connectivity index (χ4v) is 2.81. The van der Waals surface area contributed by atoms with Crippen LogP contribution in [0.2, 0.25) is 5.02 Å². The van der Waals surface area contributed by atoms with E-state index in [2.05, 4.69) is 20.9 Å². The Kier molecular flexibility index (Phi) is 2.76. The molecule has 2 aromatic rings. The molecule has 0 aliphatic rings. The van der Waals surface area contributed by atoms with Crippen LogP contribution in [-0.4, -0.2) is 4.98 Å². The van der Waals surface area contributed by atoms with Gasteiger partial charge < -0.3 is 5.73 Å². The average molecular weight is 290 g/mol. The van der Waals surface area contributed by atoms with Crippen molar-refractivity contribution in [3.8, 4) is 11.1 Å². The Morgan fingerprint density at radius 2 is 2.14 bits per heavy atom. The van der Waals surface area contributed by atoms with Crippen molar-refractivity contribution in [2.75, 3.05) is 5.73 Å². The first-order valence-corrected chi connectivity index (χ1v) is 5.93. The summed E-state index contributed by atoms with van der Waals surface area (Å²) in [5, 5.41) is 4.59. The van der Waals surface area contributed by atoms with Crippen molar-refractivity contribution >= 4 is 44.7 Å². The van der Waals surface area contributed by atoms with Crippen LogP contribution in [0.15, 0.2) is 27.5 Å². The number of anilines is 1. The van der Waals surface area contributed by atoms with Gasteiger partial charge in [0.1, 0.15) is 5.82 Å². The van der Waals surface area contributed by atoms with Crippen molar-refractivity contribution in [1.82, 2.24) is 4.98 Å². The SMILES string of the molecule is Nc1ncc(Cl)cc1-c1cscc1Br. The van der Waals surface area contributed by atoms with Gasteiger partial charge in [-0.15, -0.1) is 0 Å². The molecule has 0 saturated heterocycles. The normalized spacial score (nSPS) is 10.4. The molecular formula is C9H6BrClN2S. The average Bonchev–Trinajstić information content (AvgIpc) is 2.56. The highest BCUT2D eigenvalue weighted by molar-refractivity contribution is 9.10. The summed E-state index contributed by atoms with van der Waals surface area (Å²) in [6.45, 7) is 0. The number of hydrogen-bond donors (Lipinski definition) is 1. The van der Waals surface area contributed by atoms with Crippen molar-refractivity contribution in [3.05, 3.63) is 32.5 Å². The van der Waals surface area contributed by atoms with Gasteiger partial charge >= 0.3 is 0 Å². The van der Waals surface area contributed by atoms with Crippen LogP contribution in [-0.2, 0) is 0 Å². The van der Waals surface area contributed by atoms with E-state index in [1.165, 1.54) is 0 Å². The minimum atomic E-state index is 0.494. The summed E-state index contributed by atoms with van der Waals surface area (Å²) in [5.74, 6) is 0.494. The van der Waals surface area contributed by atoms with E-state index < -0.39 is 0 Å². The number of rotatable bonds is 1. The molecule has 0 spiro atoms. The van der Waals surface area contributed by atoms with Gasteiger partial charge in [0.2, 0.25) is 0 Å². The summed E-state index contributed by atoms with van der Waals surface area (Å²) in [6.07, 6.45) is 1.54. The topological polar surface area (TPSA) is 38.9 Å². The Morgan fingerprint density at radius 3 is 2.79 bits per heavy atom. The molecule has 0 radical (unpaired) electrons. The third-order valence-corrected chi connectivity index (χ3v) is 3.70. The summed E-state index contributed by atoms with van der Waals surface area (Å²) >= 11 is 10.9. The van der Waals surface area contributed by atoms with Crippen LogP contribution >= 0.6 is 38.9 Å². The van der Waals surface area contributed by atoms with E-state index in [1.54, 1.807) is 17.5 Å². The van der Waals surface area contributed by atoms with Gasteiger partial charge in [0.15, 0.2) is 0 Å². The maximum atomic E-state index is 5.86. The third kappa shape index (κ3) is 1.78. The molecule has 2 rings (SSSR count). The Labute approximate surface area is 98.9 Å². The predicted octanol–water partition coefficient (Wildman–Crippen LogP) is 3.81. The molecule has 0 saturated carbocycles. The lowest BCUT2D eigenvalue weighted by Gasteiger charge is -2.03. The van der Waals surface area contributed by atoms with E-state index in [4.69, 9.17) is 17.3 Å². The lowest BCUT2D eigenvalue weighted by atomic mass is 10.1. The number of pyridine rings is 1. The van der Waals surface area contributed by atoms with Gasteiger partial charge in [-0.05, 0) is 27.4 Å². The van der Waals surface area contributed by atoms with Crippen molar-refractivity contribution in [1.29, 1.82) is 0 Å². The summed E-state index contributed by atoms with van der Waals surface area (Å²) in [6, 6.07) is 1.82. The first-order chi connectivity index (χ1) is 6.68. The van der Waals surface area contributed by atoms with Gasteiger partial charge in [-0.1, -0.05) is 11.6 Å². The zero-order chi connectivity index (χ0) is 10.1. The van der Waals surface area contributed by atoms with Crippen molar-refractivity contribution in [3.63, 3.8) is 0 Å². The van der Waals surface area contributed by atoms with Crippen molar-refractivity contribution in [2.24, 2.45) is 0 Å². The summed E-state index contributed by atoms with van der Waals surface area (Å²) in [5.41, 5.74) is 7.66. The zero-order valence-electron chi connectivity index (χ0n) is 7.00. The highest BCUT2D eigenvalue weighted by Crippen LogP contribution is 2.35. The molecule has 0 aliphatic heterocycles. The molecule has 2 N–H and O–H groups in total. The maximum Gasteiger partial charge on any atom is 0.131 e. The molecule has 2 nitrogen and oxygen atoms in total. The molecule has 0 fully saturated rings. The number of nitrogen functional groups attached to an aromatic ring is 1. The molecule has 0 aliphatic carbocycles. The highest BCUT2D eigenvalue weighted by Gasteiger charge is 2.08. The highest BCUT2D eigenvalue weighted by atomic mass is 79.9. The lowest BCUT2D eigenvalue weighted by Crippen LogP contribution is -1.93. The zero-order valence-corrected chi connectivity index (χ0v) is 10.2. The van der Waals surface area contributed by atoms with Crippen LogP contribution in [0.1, 0.15) is 0 Å². The second kappa shape index (κ2) is 3.88. The largest absolute Gasteiger partial charge is 0.383 e. The molecule has 2 aromatic heterocycles. The third-order valence-electron chi connectivity index (χ3n) is 1.79. The van der Waals surface area contributed by atoms with Gasteiger partial charge in [0.25, 0.3) is 0 Å². The summed E-state index contributed by atoms with van der Waals surface area (Å²) in [4.78, 5) is 4.01. The van der Waals surface area contributed by atoms with Gasteiger partial charge in [-0.2, -0.15) is 11.3 Å². The van der Waals surface area contributed by atoms with Crippen LogP contribution < -0.4 is 5.73 Å². The molecule has 72 valence electrons. The molecule has 0 unspecified atom stereocenters. The first-order valence-electron chi connectivity index (χ1n) is 3.81. The van der Waals surface area contributed by atoms with Crippen LogP contribution in [0, 0.1) is 0 Å². The minimum Gasteiger partial charge on any atom is -0.383 e. The Morgan fingerprint density at radius 1 is 1.36 bits per heavy atom. The molecule has 0 bridgehead atoms. The number of halogens is 2. The van der Waals surface area contributed by atoms with Crippen LogP contribution in [0.25, 0.3) is 11.1 Å². The van der Waals surface area contributed by atoms with E-state index in [0.29, 0.717) is 10.8 Å². The van der Waals surface area contributed by atoms with Gasteiger partial charge in [-0.25, -0.2) is 4.98 Å². The number of nitrogens with two attached hydrogens (primary N) is 1. The lowest BCUT2D eigenvalue weighted by molar-refractivity contribution is 1.34. The maximum absolute atomic E-state index is 5.86. The molecule has 0 amide bonds. The van der Waals surface area contributed by atoms with Crippen molar-refractivity contribution in [2.45, 2.75) is 0 Å². The first kappa shape index (κ1) is 9.96. The molecule has 2 heterocycles. The van der Waals surface area contributed by atoms with Crippen LogP contribution in [0.5, 0.6) is 0 Å². The van der Waals surface area contributed by atoms with Gasteiger partial charge in [0.05, 0.1) is 5.02 Å². The van der Waals surface area contributed by atoms with Crippen LogP contribution in [0.4, 0.5) is 5.82 Å². The molecule has 0 aromatic carbocycles. The fraction of sp³-hybridized carbons (Fsp3) is 0. The molecule has 14 heavy (non-hydrogen) atoms. The Balaban J connectivity index is 2.62. The van der Waals surface area contributed by atoms with Gasteiger partial charge in [0, 0.05) is 27.2 Å². The minimum absolute atomic E-state index is 0.494. The van der Waals surface area contributed by atoms with E-state index >= 15 is 0 Å². The smallest absolute Gasteiger partial charge is 0.131 e. The number of hydrogen-bond acceptors (Lipinski definition) is 3. The standard InChI is InChI=1S/C9H6BrClN2S/c10-8-4-14-3-7(8)6-1-5(11)2-13-9(6)12/h1-4H,(H2,12,13). The molecular weight excluding hydrogens is 284 g/mol. The van der Waals surface area contributed by atoms with E-state index in [-0.39, 0.29) is 0 Å². The quantitative estimate of drug-likeness (QED) is 0.867. The fourth-order valence-electron chi connectivity index (χ4n) is 1.14. The number of thiophene rings is 1. The molecule has 0 atom stereocenters.